The molecule has 0 aliphatic rings. The number of fused-ring (bicyclic) bond motifs is 1. The summed E-state index contributed by atoms with van der Waals surface area (Å²) in [5, 5.41) is 14.5. The SMILES string of the molecule is CCC(CC)CC(O)c1cnn2ccncc12. The molecule has 4 nitrogen and oxygen atoms in total. The number of aromatic nitrogens is 3. The predicted molar refractivity (Wildman–Crippen MR) is 66.6 cm³/mol. The largest absolute Gasteiger partial charge is 0.388 e. The van der Waals surface area contributed by atoms with Gasteiger partial charge >= 0.3 is 0 Å². The average Bonchev–Trinajstić information content (AvgIpc) is 2.79. The molecule has 17 heavy (non-hydrogen) atoms. The van der Waals surface area contributed by atoms with E-state index in [2.05, 4.69) is 23.9 Å². The smallest absolute Gasteiger partial charge is 0.0902 e. The second-order valence-electron chi connectivity index (χ2n) is 4.44. The van der Waals surface area contributed by atoms with Crippen molar-refractivity contribution < 1.29 is 5.11 Å². The molecule has 92 valence electrons. The van der Waals surface area contributed by atoms with Crippen LogP contribution in [0.25, 0.3) is 5.52 Å². The van der Waals surface area contributed by atoms with Crippen LogP contribution in [0.3, 0.4) is 0 Å². The zero-order chi connectivity index (χ0) is 12.3. The van der Waals surface area contributed by atoms with E-state index in [1.807, 2.05) is 0 Å². The van der Waals surface area contributed by atoms with Crippen molar-refractivity contribution in [3.05, 3.63) is 30.4 Å². The monoisotopic (exact) mass is 233 g/mol. The van der Waals surface area contributed by atoms with E-state index in [0.717, 1.165) is 30.3 Å². The van der Waals surface area contributed by atoms with Gasteiger partial charge in [0.05, 0.1) is 24.0 Å². The van der Waals surface area contributed by atoms with Crippen molar-refractivity contribution >= 4 is 5.52 Å². The summed E-state index contributed by atoms with van der Waals surface area (Å²) in [6.07, 6.45) is 9.53. The predicted octanol–water partition coefficient (Wildman–Crippen LogP) is 2.59. The summed E-state index contributed by atoms with van der Waals surface area (Å²) in [6, 6.07) is 0. The van der Waals surface area contributed by atoms with Crippen LogP contribution in [0.2, 0.25) is 0 Å². The van der Waals surface area contributed by atoms with Crippen LogP contribution in [0.4, 0.5) is 0 Å². The van der Waals surface area contributed by atoms with E-state index in [-0.39, 0.29) is 0 Å². The van der Waals surface area contributed by atoms with Crippen LogP contribution in [0.15, 0.2) is 24.8 Å². The van der Waals surface area contributed by atoms with E-state index in [0.29, 0.717) is 5.92 Å². The van der Waals surface area contributed by atoms with Crippen LogP contribution in [0.5, 0.6) is 0 Å². The molecule has 2 aromatic heterocycles. The molecule has 1 atom stereocenters. The Morgan fingerprint density at radius 1 is 1.29 bits per heavy atom. The highest BCUT2D eigenvalue weighted by Crippen LogP contribution is 2.27. The molecule has 0 aliphatic carbocycles. The third-order valence-corrected chi connectivity index (χ3v) is 3.42. The van der Waals surface area contributed by atoms with Gasteiger partial charge < -0.3 is 5.11 Å². The van der Waals surface area contributed by atoms with Crippen molar-refractivity contribution in [1.29, 1.82) is 0 Å². The Bertz CT molecular complexity index is 476. The van der Waals surface area contributed by atoms with Gasteiger partial charge in [-0.3, -0.25) is 4.98 Å². The van der Waals surface area contributed by atoms with Gasteiger partial charge in [-0.15, -0.1) is 0 Å². The fourth-order valence-electron chi connectivity index (χ4n) is 2.17. The highest BCUT2D eigenvalue weighted by atomic mass is 16.3. The maximum Gasteiger partial charge on any atom is 0.0902 e. The van der Waals surface area contributed by atoms with Gasteiger partial charge in [-0.2, -0.15) is 5.10 Å². The van der Waals surface area contributed by atoms with Crippen molar-refractivity contribution in [3.63, 3.8) is 0 Å². The second kappa shape index (κ2) is 5.27. The first kappa shape index (κ1) is 12.0. The number of hydrogen-bond acceptors (Lipinski definition) is 3. The first-order chi connectivity index (χ1) is 8.26. The molecule has 0 fully saturated rings. The highest BCUT2D eigenvalue weighted by Gasteiger charge is 2.17. The van der Waals surface area contributed by atoms with Crippen molar-refractivity contribution in [3.8, 4) is 0 Å². The number of rotatable bonds is 5. The lowest BCUT2D eigenvalue weighted by molar-refractivity contribution is 0.142. The highest BCUT2D eigenvalue weighted by molar-refractivity contribution is 5.52. The Balaban J connectivity index is 2.21. The molecule has 1 N–H and O–H groups in total. The molecule has 2 rings (SSSR count). The molecule has 0 bridgehead atoms. The number of hydrogen-bond donors (Lipinski definition) is 1. The summed E-state index contributed by atoms with van der Waals surface area (Å²) in [4.78, 5) is 4.08. The molecule has 0 saturated carbocycles. The summed E-state index contributed by atoms with van der Waals surface area (Å²) < 4.78 is 1.75. The summed E-state index contributed by atoms with van der Waals surface area (Å²) in [5.41, 5.74) is 1.77. The van der Waals surface area contributed by atoms with Crippen LogP contribution in [0, 0.1) is 5.92 Å². The molecule has 0 spiro atoms. The van der Waals surface area contributed by atoms with E-state index in [1.54, 1.807) is 29.3 Å². The lowest BCUT2D eigenvalue weighted by atomic mass is 9.93. The van der Waals surface area contributed by atoms with Crippen LogP contribution in [-0.2, 0) is 0 Å². The molecule has 1 unspecified atom stereocenters. The normalized spacial score (nSPS) is 13.4. The van der Waals surface area contributed by atoms with E-state index in [9.17, 15) is 5.11 Å². The van der Waals surface area contributed by atoms with E-state index in [4.69, 9.17) is 0 Å². The number of nitrogens with zero attached hydrogens (tertiary/aromatic N) is 3. The Kier molecular flexibility index (Phi) is 3.74. The summed E-state index contributed by atoms with van der Waals surface area (Å²) in [5.74, 6) is 0.566. The molecular formula is C13H19N3O. The van der Waals surface area contributed by atoms with Crippen LogP contribution in [0.1, 0.15) is 44.8 Å². The minimum absolute atomic E-state index is 0.443. The topological polar surface area (TPSA) is 50.4 Å². The van der Waals surface area contributed by atoms with Gasteiger partial charge in [0.1, 0.15) is 0 Å². The third kappa shape index (κ3) is 2.47. The maximum atomic E-state index is 10.3. The molecule has 0 saturated heterocycles. The zero-order valence-electron chi connectivity index (χ0n) is 10.4. The fourth-order valence-corrected chi connectivity index (χ4v) is 2.17. The van der Waals surface area contributed by atoms with Crippen molar-refractivity contribution in [2.75, 3.05) is 0 Å². The van der Waals surface area contributed by atoms with Crippen LogP contribution >= 0.6 is 0 Å². The zero-order valence-corrected chi connectivity index (χ0v) is 10.4. The van der Waals surface area contributed by atoms with E-state index >= 15 is 0 Å². The minimum atomic E-state index is -0.443. The van der Waals surface area contributed by atoms with Gasteiger partial charge in [0.25, 0.3) is 0 Å². The lowest BCUT2D eigenvalue weighted by Crippen LogP contribution is -2.05. The third-order valence-electron chi connectivity index (χ3n) is 3.42. The quantitative estimate of drug-likeness (QED) is 0.863. The Hall–Kier alpha value is -1.42. The van der Waals surface area contributed by atoms with Gasteiger partial charge in [-0.1, -0.05) is 26.7 Å². The van der Waals surface area contributed by atoms with E-state index in [1.165, 1.54) is 0 Å². The Morgan fingerprint density at radius 2 is 2.06 bits per heavy atom. The second-order valence-corrected chi connectivity index (χ2v) is 4.44. The van der Waals surface area contributed by atoms with Crippen LogP contribution < -0.4 is 0 Å². The summed E-state index contributed by atoms with van der Waals surface area (Å²) >= 11 is 0. The summed E-state index contributed by atoms with van der Waals surface area (Å²) in [6.45, 7) is 4.33. The van der Waals surface area contributed by atoms with Gasteiger partial charge in [-0.05, 0) is 12.3 Å². The van der Waals surface area contributed by atoms with Crippen molar-refractivity contribution in [2.24, 2.45) is 5.92 Å². The molecule has 0 amide bonds. The van der Waals surface area contributed by atoms with Gasteiger partial charge in [0.15, 0.2) is 0 Å². The molecule has 0 radical (unpaired) electrons. The molecular weight excluding hydrogens is 214 g/mol. The average molecular weight is 233 g/mol. The summed E-state index contributed by atoms with van der Waals surface area (Å²) in [7, 11) is 0. The molecule has 2 heterocycles. The van der Waals surface area contributed by atoms with Crippen LogP contribution in [-0.4, -0.2) is 19.7 Å². The first-order valence-electron chi connectivity index (χ1n) is 6.21. The number of aliphatic hydroxyl groups is 1. The molecule has 0 aromatic carbocycles. The number of aliphatic hydroxyl groups excluding tert-OH is 1. The van der Waals surface area contributed by atoms with Crippen molar-refractivity contribution in [2.45, 2.75) is 39.2 Å². The molecule has 4 heteroatoms. The molecule has 2 aromatic rings. The fraction of sp³-hybridized carbons (Fsp3) is 0.538. The maximum absolute atomic E-state index is 10.3. The van der Waals surface area contributed by atoms with Crippen molar-refractivity contribution in [1.82, 2.24) is 14.6 Å². The van der Waals surface area contributed by atoms with Gasteiger partial charge in [0.2, 0.25) is 0 Å². The van der Waals surface area contributed by atoms with E-state index < -0.39 is 6.10 Å². The first-order valence-corrected chi connectivity index (χ1v) is 6.21. The van der Waals surface area contributed by atoms with Gasteiger partial charge in [0, 0.05) is 18.0 Å². The van der Waals surface area contributed by atoms with Gasteiger partial charge in [-0.25, -0.2) is 4.52 Å². The Morgan fingerprint density at radius 3 is 2.76 bits per heavy atom. The minimum Gasteiger partial charge on any atom is -0.388 e. The Labute approximate surface area is 101 Å². The standard InChI is InChI=1S/C13H19N3O/c1-3-10(4-2)7-13(17)11-8-15-16-6-5-14-9-12(11)16/h5-6,8-10,13,17H,3-4,7H2,1-2H3. The molecule has 0 aliphatic heterocycles. The lowest BCUT2D eigenvalue weighted by Gasteiger charge is -2.16.